The number of nitrogens with one attached hydrogen (secondary N) is 1. The summed E-state index contributed by atoms with van der Waals surface area (Å²) in [5.41, 5.74) is 1.44. The molecule has 0 saturated heterocycles. The molecule has 0 fully saturated rings. The van der Waals surface area contributed by atoms with E-state index in [0.717, 1.165) is 17.7 Å². The van der Waals surface area contributed by atoms with Crippen LogP contribution in [0.25, 0.3) is 0 Å². The van der Waals surface area contributed by atoms with Crippen molar-refractivity contribution >= 4 is 15.7 Å². The van der Waals surface area contributed by atoms with Crippen molar-refractivity contribution in [1.82, 2.24) is 5.32 Å². The van der Waals surface area contributed by atoms with Crippen LogP contribution < -0.4 is 5.32 Å². The lowest BCUT2D eigenvalue weighted by Crippen LogP contribution is -2.31. The monoisotopic (exact) mass is 387 g/mol. The minimum Gasteiger partial charge on any atom is -0.468 e. The zero-order chi connectivity index (χ0) is 19.4. The number of aryl methyl sites for hydroxylation is 1. The molecule has 0 bridgehead atoms. The van der Waals surface area contributed by atoms with Crippen LogP contribution in [0.2, 0.25) is 0 Å². The Morgan fingerprint density at radius 2 is 1.74 bits per heavy atom. The van der Waals surface area contributed by atoms with Crippen molar-refractivity contribution < 1.29 is 22.0 Å². The Balaban J connectivity index is 1.85. The summed E-state index contributed by atoms with van der Waals surface area (Å²) >= 11 is 0. The van der Waals surface area contributed by atoms with Gasteiger partial charge in [-0.25, -0.2) is 12.8 Å². The first-order valence-electron chi connectivity index (χ1n) is 8.25. The third kappa shape index (κ3) is 4.25. The minimum absolute atomic E-state index is 0.0464. The molecule has 0 saturated carbocycles. The standard InChI is InChI=1S/C20H18FNO4S/c1-14-4-6-15(7-5-14)20(23)22-13-19(18-3-2-12-26-18)27(24,25)17-10-8-16(21)9-11-17/h2-12,19H,13H2,1H3,(H,22,23)/t19-/m0/s1. The van der Waals surface area contributed by atoms with Crippen LogP contribution in [0.15, 0.2) is 76.2 Å². The average molecular weight is 387 g/mol. The molecule has 0 aliphatic carbocycles. The first kappa shape index (κ1) is 18.8. The van der Waals surface area contributed by atoms with Crippen LogP contribution in [0.3, 0.4) is 0 Å². The zero-order valence-electron chi connectivity index (χ0n) is 14.6. The fraction of sp³-hybridized carbons (Fsp3) is 0.150. The van der Waals surface area contributed by atoms with Gasteiger partial charge in [0.05, 0.1) is 11.2 Å². The predicted molar refractivity (Wildman–Crippen MR) is 98.5 cm³/mol. The van der Waals surface area contributed by atoms with Crippen LogP contribution in [-0.2, 0) is 9.84 Å². The second kappa shape index (κ2) is 7.75. The normalized spacial score (nSPS) is 12.5. The number of hydrogen-bond acceptors (Lipinski definition) is 4. The SMILES string of the molecule is Cc1ccc(C(=O)NC[C@@H](c2ccco2)S(=O)(=O)c2ccc(F)cc2)cc1. The highest BCUT2D eigenvalue weighted by Crippen LogP contribution is 2.29. The van der Waals surface area contributed by atoms with Crippen molar-refractivity contribution in [1.29, 1.82) is 0 Å². The van der Waals surface area contributed by atoms with Crippen molar-refractivity contribution in [2.75, 3.05) is 6.54 Å². The Hall–Kier alpha value is -2.93. The maximum Gasteiger partial charge on any atom is 0.251 e. The lowest BCUT2D eigenvalue weighted by molar-refractivity contribution is 0.0953. The van der Waals surface area contributed by atoms with Gasteiger partial charge in [0.25, 0.3) is 5.91 Å². The largest absolute Gasteiger partial charge is 0.468 e. The molecule has 1 amide bonds. The van der Waals surface area contributed by atoms with E-state index in [-0.39, 0.29) is 23.1 Å². The topological polar surface area (TPSA) is 76.4 Å². The molecule has 1 aromatic heterocycles. The quantitative estimate of drug-likeness (QED) is 0.655. The van der Waals surface area contributed by atoms with Crippen LogP contribution in [0.1, 0.15) is 26.9 Å². The minimum atomic E-state index is -3.90. The van der Waals surface area contributed by atoms with Crippen molar-refractivity contribution in [2.24, 2.45) is 0 Å². The number of halogens is 1. The summed E-state index contributed by atoms with van der Waals surface area (Å²) in [6.07, 6.45) is 1.37. The van der Waals surface area contributed by atoms with Gasteiger partial charge in [0, 0.05) is 12.1 Å². The molecule has 0 unspecified atom stereocenters. The molecule has 0 aliphatic heterocycles. The molecule has 0 spiro atoms. The smallest absolute Gasteiger partial charge is 0.251 e. The first-order chi connectivity index (χ1) is 12.9. The Kier molecular flexibility index (Phi) is 5.41. The Bertz CT molecular complexity index is 1010. The number of hydrogen-bond donors (Lipinski definition) is 1. The Morgan fingerprint density at radius 3 is 2.33 bits per heavy atom. The number of rotatable bonds is 6. The molecule has 3 aromatic rings. The van der Waals surface area contributed by atoms with Gasteiger partial charge in [-0.15, -0.1) is 0 Å². The van der Waals surface area contributed by atoms with Crippen molar-refractivity contribution in [3.63, 3.8) is 0 Å². The first-order valence-corrected chi connectivity index (χ1v) is 9.80. The highest BCUT2D eigenvalue weighted by atomic mass is 32.2. The van der Waals surface area contributed by atoms with Crippen LogP contribution in [0.5, 0.6) is 0 Å². The second-order valence-electron chi connectivity index (χ2n) is 6.08. The average Bonchev–Trinajstić information content (AvgIpc) is 3.16. The molecule has 3 rings (SSSR count). The molecular weight excluding hydrogens is 369 g/mol. The number of furan rings is 1. The summed E-state index contributed by atoms with van der Waals surface area (Å²) in [5.74, 6) is -0.722. The van der Waals surface area contributed by atoms with E-state index in [2.05, 4.69) is 5.32 Å². The second-order valence-corrected chi connectivity index (χ2v) is 8.21. The lowest BCUT2D eigenvalue weighted by Gasteiger charge is -2.17. The van der Waals surface area contributed by atoms with Gasteiger partial charge < -0.3 is 9.73 Å². The van der Waals surface area contributed by atoms with Gasteiger partial charge in [-0.3, -0.25) is 4.79 Å². The number of amides is 1. The summed E-state index contributed by atoms with van der Waals surface area (Å²) in [5, 5.41) is 1.51. The van der Waals surface area contributed by atoms with Crippen molar-refractivity contribution in [2.45, 2.75) is 17.1 Å². The maximum absolute atomic E-state index is 13.1. The predicted octanol–water partition coefficient (Wildman–Crippen LogP) is 3.67. The summed E-state index contributed by atoms with van der Waals surface area (Å²) < 4.78 is 44.4. The van der Waals surface area contributed by atoms with Gasteiger partial charge >= 0.3 is 0 Å². The molecule has 5 nitrogen and oxygen atoms in total. The molecular formula is C20H18FNO4S. The van der Waals surface area contributed by atoms with E-state index in [1.165, 1.54) is 24.5 Å². The highest BCUT2D eigenvalue weighted by molar-refractivity contribution is 7.91. The van der Waals surface area contributed by atoms with E-state index in [4.69, 9.17) is 4.42 Å². The molecule has 1 heterocycles. The number of sulfone groups is 1. The maximum atomic E-state index is 13.1. The van der Waals surface area contributed by atoms with E-state index < -0.39 is 20.9 Å². The van der Waals surface area contributed by atoms with E-state index in [9.17, 15) is 17.6 Å². The molecule has 140 valence electrons. The van der Waals surface area contributed by atoms with Gasteiger partial charge in [-0.2, -0.15) is 0 Å². The Morgan fingerprint density at radius 1 is 1.07 bits per heavy atom. The van der Waals surface area contributed by atoms with E-state index in [1.807, 2.05) is 6.92 Å². The van der Waals surface area contributed by atoms with Crippen LogP contribution in [-0.4, -0.2) is 20.9 Å². The zero-order valence-corrected chi connectivity index (χ0v) is 15.4. The number of carbonyl (C=O) groups is 1. The van der Waals surface area contributed by atoms with Crippen molar-refractivity contribution in [3.8, 4) is 0 Å². The van der Waals surface area contributed by atoms with Crippen LogP contribution >= 0.6 is 0 Å². The summed E-state index contributed by atoms with van der Waals surface area (Å²) in [6.45, 7) is 1.73. The van der Waals surface area contributed by atoms with Gasteiger partial charge in [0.1, 0.15) is 16.8 Å². The molecule has 0 radical (unpaired) electrons. The molecule has 1 N–H and O–H groups in total. The molecule has 7 heteroatoms. The third-order valence-electron chi connectivity index (χ3n) is 4.14. The number of carbonyl (C=O) groups excluding carboxylic acids is 1. The van der Waals surface area contributed by atoms with E-state index >= 15 is 0 Å². The fourth-order valence-corrected chi connectivity index (χ4v) is 4.21. The lowest BCUT2D eigenvalue weighted by atomic mass is 10.1. The van der Waals surface area contributed by atoms with Gasteiger partial charge in [0.2, 0.25) is 0 Å². The summed E-state index contributed by atoms with van der Waals surface area (Å²) in [6, 6.07) is 14.6. The van der Waals surface area contributed by atoms with E-state index in [1.54, 1.807) is 30.3 Å². The summed E-state index contributed by atoms with van der Waals surface area (Å²) in [7, 11) is -3.90. The fourth-order valence-electron chi connectivity index (χ4n) is 2.62. The summed E-state index contributed by atoms with van der Waals surface area (Å²) in [4.78, 5) is 12.3. The van der Waals surface area contributed by atoms with Gasteiger partial charge in [-0.1, -0.05) is 17.7 Å². The molecule has 2 aromatic carbocycles. The number of benzene rings is 2. The van der Waals surface area contributed by atoms with Gasteiger partial charge in [0.15, 0.2) is 9.84 Å². The van der Waals surface area contributed by atoms with Crippen molar-refractivity contribution in [3.05, 3.63) is 89.6 Å². The third-order valence-corrected chi connectivity index (χ3v) is 6.22. The van der Waals surface area contributed by atoms with Gasteiger partial charge in [-0.05, 0) is 55.5 Å². The van der Waals surface area contributed by atoms with Crippen LogP contribution in [0, 0.1) is 12.7 Å². The molecule has 0 aliphatic rings. The van der Waals surface area contributed by atoms with E-state index in [0.29, 0.717) is 5.56 Å². The molecule has 1 atom stereocenters. The van der Waals surface area contributed by atoms with Crippen LogP contribution in [0.4, 0.5) is 4.39 Å². The Labute approximate surface area is 156 Å². The highest BCUT2D eigenvalue weighted by Gasteiger charge is 2.32. The molecule has 27 heavy (non-hydrogen) atoms.